The number of halogens is 1. The maximum Gasteiger partial charge on any atom is 0.414 e. The Hall–Kier alpha value is -2.85. The van der Waals surface area contributed by atoms with Gasteiger partial charge in [0, 0.05) is 20.0 Å². The fourth-order valence-electron chi connectivity index (χ4n) is 4.67. The van der Waals surface area contributed by atoms with Crippen LogP contribution in [0.4, 0.5) is 20.6 Å². The van der Waals surface area contributed by atoms with Crippen molar-refractivity contribution in [2.75, 3.05) is 42.6 Å². The van der Waals surface area contributed by atoms with Crippen LogP contribution in [0.3, 0.4) is 0 Å². The minimum Gasteiger partial charge on any atom is -0.442 e. The number of ether oxygens (including phenoxy) is 2. The molecule has 1 aliphatic carbocycles. The fraction of sp³-hybridized carbons (Fsp3) is 0.524. The van der Waals surface area contributed by atoms with Gasteiger partial charge in [-0.1, -0.05) is 0 Å². The van der Waals surface area contributed by atoms with E-state index in [1.165, 1.54) is 17.9 Å². The van der Waals surface area contributed by atoms with Crippen molar-refractivity contribution in [2.24, 2.45) is 17.8 Å². The number of rotatable bonds is 7. The van der Waals surface area contributed by atoms with E-state index >= 15 is 0 Å². The molecule has 2 unspecified atom stereocenters. The van der Waals surface area contributed by atoms with Gasteiger partial charge in [0.15, 0.2) is 6.23 Å². The molecule has 0 bridgehead atoms. The average molecular weight is 432 g/mol. The van der Waals surface area contributed by atoms with Gasteiger partial charge in [-0.2, -0.15) is 0 Å². The number of carbonyl (C=O) groups excluding carboxylic acids is 2. The van der Waals surface area contributed by atoms with Crippen molar-refractivity contribution in [3.05, 3.63) is 36.4 Å². The molecular formula is C21H25FN4O5. The number of benzene rings is 1. The van der Waals surface area contributed by atoms with Crippen molar-refractivity contribution < 1.29 is 28.3 Å². The SMILES string of the molecule is CC(=O)NC[C@H]1CN(c2ccc(N3C[C@@H]4C(COC5C=CON5)[C@@H]4C3)c(F)c2)C(=O)O1. The van der Waals surface area contributed by atoms with Crippen molar-refractivity contribution in [3.8, 4) is 0 Å². The third kappa shape index (κ3) is 4.05. The molecule has 0 aromatic heterocycles. The first-order valence-corrected chi connectivity index (χ1v) is 10.5. The first kappa shape index (κ1) is 20.1. The fourth-order valence-corrected chi connectivity index (χ4v) is 4.67. The van der Waals surface area contributed by atoms with E-state index in [2.05, 4.69) is 15.7 Å². The second kappa shape index (κ2) is 8.01. The summed E-state index contributed by atoms with van der Waals surface area (Å²) in [6, 6.07) is 4.84. The van der Waals surface area contributed by atoms with Gasteiger partial charge < -0.3 is 24.5 Å². The van der Waals surface area contributed by atoms with Crippen molar-refractivity contribution in [1.82, 2.24) is 10.8 Å². The Bertz CT molecular complexity index is 900. The zero-order valence-corrected chi connectivity index (χ0v) is 17.1. The van der Waals surface area contributed by atoms with Crippen LogP contribution in [0.15, 0.2) is 30.5 Å². The monoisotopic (exact) mass is 432 g/mol. The third-order valence-electron chi connectivity index (χ3n) is 6.38. The van der Waals surface area contributed by atoms with E-state index in [0.717, 1.165) is 13.1 Å². The van der Waals surface area contributed by atoms with Crippen molar-refractivity contribution in [1.29, 1.82) is 0 Å². The summed E-state index contributed by atoms with van der Waals surface area (Å²) < 4.78 is 25.9. The van der Waals surface area contributed by atoms with Gasteiger partial charge in [0.25, 0.3) is 0 Å². The number of nitrogens with one attached hydrogen (secondary N) is 2. The molecule has 5 atom stereocenters. The highest BCUT2D eigenvalue weighted by Crippen LogP contribution is 2.53. The molecule has 2 saturated heterocycles. The van der Waals surface area contributed by atoms with Gasteiger partial charge in [-0.3, -0.25) is 9.69 Å². The van der Waals surface area contributed by atoms with Gasteiger partial charge in [0.1, 0.15) is 18.2 Å². The number of fused-ring (bicyclic) bond motifs is 1. The van der Waals surface area contributed by atoms with Crippen LogP contribution in [0.1, 0.15) is 6.92 Å². The number of cyclic esters (lactones) is 1. The Morgan fingerprint density at radius 2 is 2.13 bits per heavy atom. The van der Waals surface area contributed by atoms with Crippen LogP contribution in [0.25, 0.3) is 0 Å². The first-order chi connectivity index (χ1) is 15.0. The Balaban J connectivity index is 1.15. The maximum atomic E-state index is 14.9. The van der Waals surface area contributed by atoms with Crippen LogP contribution in [0.2, 0.25) is 0 Å². The molecule has 166 valence electrons. The number of anilines is 2. The Kier molecular flexibility index (Phi) is 5.19. The predicted molar refractivity (Wildman–Crippen MR) is 108 cm³/mol. The third-order valence-corrected chi connectivity index (χ3v) is 6.38. The van der Waals surface area contributed by atoms with E-state index in [1.807, 2.05) is 6.08 Å². The standard InChI is InChI=1S/C21H25FN4O5/c1-12(27)23-7-14-8-26(21(28)31-14)13-2-3-19(18(22)6-13)25-9-15-16(10-25)17(15)11-29-20-4-5-30-24-20/h2-6,14-17,20,24H,7-11H2,1H3,(H,23,27)/t14-,15-,16+,17?,20?/m0/s1. The summed E-state index contributed by atoms with van der Waals surface area (Å²) in [5, 5.41) is 2.63. The van der Waals surface area contributed by atoms with Crippen LogP contribution in [0.5, 0.6) is 0 Å². The molecule has 9 nitrogen and oxygen atoms in total. The van der Waals surface area contributed by atoms with E-state index in [0.29, 0.717) is 35.7 Å². The molecule has 0 radical (unpaired) electrons. The summed E-state index contributed by atoms with van der Waals surface area (Å²) in [7, 11) is 0. The summed E-state index contributed by atoms with van der Waals surface area (Å²) in [5.41, 5.74) is 3.74. The van der Waals surface area contributed by atoms with E-state index in [1.54, 1.807) is 18.4 Å². The molecule has 5 rings (SSSR count). The molecule has 3 aliphatic heterocycles. The lowest BCUT2D eigenvalue weighted by atomic mass is 10.2. The molecule has 0 spiro atoms. The van der Waals surface area contributed by atoms with Gasteiger partial charge in [-0.15, -0.1) is 5.48 Å². The number of carbonyl (C=O) groups is 2. The van der Waals surface area contributed by atoms with Crippen LogP contribution >= 0.6 is 0 Å². The topological polar surface area (TPSA) is 92.4 Å². The van der Waals surface area contributed by atoms with Crippen LogP contribution in [-0.2, 0) is 19.1 Å². The first-order valence-electron chi connectivity index (χ1n) is 10.5. The van der Waals surface area contributed by atoms with Gasteiger partial charge in [-0.05, 0) is 42.0 Å². The molecule has 1 aromatic carbocycles. The smallest absolute Gasteiger partial charge is 0.414 e. The zero-order chi connectivity index (χ0) is 21.5. The molecule has 4 aliphatic rings. The van der Waals surface area contributed by atoms with E-state index in [-0.39, 0.29) is 31.0 Å². The highest BCUT2D eigenvalue weighted by atomic mass is 19.1. The molecule has 1 saturated carbocycles. The molecule has 3 fully saturated rings. The lowest BCUT2D eigenvalue weighted by Gasteiger charge is -2.24. The second-order valence-corrected chi connectivity index (χ2v) is 8.40. The lowest BCUT2D eigenvalue weighted by Crippen LogP contribution is -2.33. The Morgan fingerprint density at radius 1 is 1.32 bits per heavy atom. The van der Waals surface area contributed by atoms with Gasteiger partial charge in [0.2, 0.25) is 5.91 Å². The lowest BCUT2D eigenvalue weighted by molar-refractivity contribution is -0.119. The van der Waals surface area contributed by atoms with Gasteiger partial charge in [-0.25, -0.2) is 9.18 Å². The largest absolute Gasteiger partial charge is 0.442 e. The number of hydroxylamine groups is 1. The van der Waals surface area contributed by atoms with Gasteiger partial charge in [0.05, 0.1) is 31.1 Å². The van der Waals surface area contributed by atoms with Gasteiger partial charge >= 0.3 is 6.09 Å². The average Bonchev–Trinajstić information content (AvgIpc) is 3.21. The minimum absolute atomic E-state index is 0.191. The molecule has 2 amide bonds. The molecule has 3 heterocycles. The molecule has 31 heavy (non-hydrogen) atoms. The Morgan fingerprint density at radius 3 is 2.81 bits per heavy atom. The summed E-state index contributed by atoms with van der Waals surface area (Å²) >= 11 is 0. The van der Waals surface area contributed by atoms with Crippen LogP contribution in [-0.4, -0.2) is 57.1 Å². The highest BCUT2D eigenvalue weighted by Gasteiger charge is 2.56. The highest BCUT2D eigenvalue weighted by molar-refractivity contribution is 5.90. The summed E-state index contributed by atoms with van der Waals surface area (Å²) in [6.45, 7) is 4.16. The normalized spacial score (nSPS) is 30.9. The van der Waals surface area contributed by atoms with Crippen molar-refractivity contribution in [2.45, 2.75) is 19.3 Å². The van der Waals surface area contributed by atoms with Crippen molar-refractivity contribution >= 4 is 23.4 Å². The predicted octanol–water partition coefficient (Wildman–Crippen LogP) is 1.36. The number of hydrogen-bond donors (Lipinski definition) is 2. The van der Waals surface area contributed by atoms with E-state index in [4.69, 9.17) is 14.3 Å². The quantitative estimate of drug-likeness (QED) is 0.672. The molecule has 10 heteroatoms. The summed E-state index contributed by atoms with van der Waals surface area (Å²) in [6.07, 6.45) is 2.20. The van der Waals surface area contributed by atoms with E-state index < -0.39 is 12.2 Å². The zero-order valence-electron chi connectivity index (χ0n) is 17.1. The molecule has 2 N–H and O–H groups in total. The van der Waals surface area contributed by atoms with Crippen LogP contribution in [0, 0.1) is 23.6 Å². The molecular weight excluding hydrogens is 407 g/mol. The second-order valence-electron chi connectivity index (χ2n) is 8.40. The number of amides is 2. The number of nitrogens with zero attached hydrogens (tertiary/aromatic N) is 2. The number of hydrogen-bond acceptors (Lipinski definition) is 7. The summed E-state index contributed by atoms with van der Waals surface area (Å²) in [5.74, 6) is 0.960. The van der Waals surface area contributed by atoms with E-state index in [9.17, 15) is 14.0 Å². The van der Waals surface area contributed by atoms with Crippen molar-refractivity contribution in [3.63, 3.8) is 0 Å². The maximum absolute atomic E-state index is 14.9. The number of piperidine rings is 1. The van der Waals surface area contributed by atoms with Crippen LogP contribution < -0.4 is 20.6 Å². The minimum atomic E-state index is -0.537. The summed E-state index contributed by atoms with van der Waals surface area (Å²) in [4.78, 5) is 31.6. The molecule has 1 aromatic rings. The Labute approximate surface area is 179 Å².